The summed E-state index contributed by atoms with van der Waals surface area (Å²) in [6.45, 7) is 3.87. The molecule has 0 atom stereocenters. The maximum Gasteiger partial charge on any atom is 0.0195 e. The van der Waals surface area contributed by atoms with Crippen LogP contribution in [0.3, 0.4) is 0 Å². The maximum absolute atomic E-state index is 5.00. The van der Waals surface area contributed by atoms with Crippen LogP contribution in [-0.4, -0.2) is 13.3 Å². The summed E-state index contributed by atoms with van der Waals surface area (Å²) >= 11 is 4.86. The average molecular weight is 124 g/mol. The molecule has 0 saturated carbocycles. The zero-order chi connectivity index (χ0) is 5.21. The van der Waals surface area contributed by atoms with E-state index in [4.69, 9.17) is 17.6 Å². The minimum absolute atomic E-state index is 1.29. The van der Waals surface area contributed by atoms with Gasteiger partial charge in [-0.3, -0.25) is 5.84 Å². The molecule has 0 aromatic rings. The number of rotatable bonds is 1. The lowest BCUT2D eigenvalue weighted by atomic mass is 11.9. The highest BCUT2D eigenvalue weighted by Crippen LogP contribution is 2.27. The first-order valence-electron chi connectivity index (χ1n) is 1.59. The Bertz CT molecular complexity index is 75.6. The summed E-state index contributed by atoms with van der Waals surface area (Å²) in [6.07, 6.45) is -1.29. The van der Waals surface area contributed by atoms with Gasteiger partial charge >= 0.3 is 0 Å². The van der Waals surface area contributed by atoms with Crippen molar-refractivity contribution in [3.05, 3.63) is 0 Å². The fraction of sp³-hybridized carbons (Fsp3) is 1.00. The molecule has 4 heteroatoms. The first kappa shape index (κ1) is 6.57. The SMILES string of the molecule is CP(C)(=S)NN. The van der Waals surface area contributed by atoms with Gasteiger partial charge in [0.2, 0.25) is 0 Å². The highest BCUT2D eigenvalue weighted by molar-refractivity contribution is 8.12. The van der Waals surface area contributed by atoms with E-state index in [9.17, 15) is 0 Å². The molecule has 2 nitrogen and oxygen atoms in total. The minimum Gasteiger partial charge on any atom is -0.267 e. The number of nitrogens with two attached hydrogens (primary N) is 1. The summed E-state index contributed by atoms with van der Waals surface area (Å²) in [5, 5.41) is 2.53. The zero-order valence-electron chi connectivity index (χ0n) is 3.93. The van der Waals surface area contributed by atoms with Crippen molar-refractivity contribution in [2.45, 2.75) is 0 Å². The Morgan fingerprint density at radius 2 is 1.83 bits per heavy atom. The van der Waals surface area contributed by atoms with Gasteiger partial charge in [0.15, 0.2) is 0 Å². The Hall–Kier alpha value is 0.570. The van der Waals surface area contributed by atoms with Crippen LogP contribution in [0.25, 0.3) is 0 Å². The average Bonchev–Trinajstić information content (AvgIpc) is 1.35. The Balaban J connectivity index is 3.48. The lowest BCUT2D eigenvalue weighted by Crippen LogP contribution is -2.16. The molecule has 0 spiro atoms. The van der Waals surface area contributed by atoms with Gasteiger partial charge < -0.3 is 0 Å². The van der Waals surface area contributed by atoms with Crippen molar-refractivity contribution in [1.29, 1.82) is 0 Å². The predicted octanol–water partition coefficient (Wildman–Crippen LogP) is 0.104. The monoisotopic (exact) mass is 124 g/mol. The number of hydrogen-bond acceptors (Lipinski definition) is 2. The number of hydrazine groups is 1. The van der Waals surface area contributed by atoms with Crippen LogP contribution < -0.4 is 11.0 Å². The smallest absolute Gasteiger partial charge is 0.0195 e. The second-order valence-electron chi connectivity index (χ2n) is 1.48. The van der Waals surface area contributed by atoms with Gasteiger partial charge in [-0.2, -0.15) is 0 Å². The molecule has 3 N–H and O–H groups in total. The first-order valence-corrected chi connectivity index (χ1v) is 5.29. The molecule has 0 aliphatic heterocycles. The van der Waals surface area contributed by atoms with Crippen LogP contribution in [0.2, 0.25) is 0 Å². The second kappa shape index (κ2) is 2.03. The van der Waals surface area contributed by atoms with Gasteiger partial charge in [0.25, 0.3) is 0 Å². The summed E-state index contributed by atoms with van der Waals surface area (Å²) in [5.41, 5.74) is 0. The van der Waals surface area contributed by atoms with Crippen LogP contribution in [0, 0.1) is 0 Å². The van der Waals surface area contributed by atoms with Gasteiger partial charge in [-0.05, 0) is 13.3 Å². The molecule has 0 rings (SSSR count). The molecule has 0 bridgehead atoms. The summed E-state index contributed by atoms with van der Waals surface area (Å²) < 4.78 is 0. The van der Waals surface area contributed by atoms with E-state index in [-0.39, 0.29) is 0 Å². The molecule has 0 aliphatic rings. The van der Waals surface area contributed by atoms with E-state index >= 15 is 0 Å². The Morgan fingerprint density at radius 1 is 1.67 bits per heavy atom. The highest BCUT2D eigenvalue weighted by Gasteiger charge is 1.91. The lowest BCUT2D eigenvalue weighted by Gasteiger charge is -2.03. The molecular formula is C2H9N2PS. The van der Waals surface area contributed by atoms with E-state index in [0.717, 1.165) is 0 Å². The van der Waals surface area contributed by atoms with Crippen molar-refractivity contribution in [1.82, 2.24) is 5.20 Å². The van der Waals surface area contributed by atoms with Crippen LogP contribution >= 0.6 is 6.19 Å². The van der Waals surface area contributed by atoms with E-state index in [1.54, 1.807) is 0 Å². The maximum atomic E-state index is 5.00. The van der Waals surface area contributed by atoms with E-state index < -0.39 is 6.19 Å². The van der Waals surface area contributed by atoms with Gasteiger partial charge in [-0.25, -0.2) is 5.20 Å². The van der Waals surface area contributed by atoms with Crippen LogP contribution in [0.4, 0.5) is 0 Å². The summed E-state index contributed by atoms with van der Waals surface area (Å²) in [6, 6.07) is 0. The fourth-order valence-corrected chi connectivity index (χ4v) is 0. The van der Waals surface area contributed by atoms with Gasteiger partial charge in [0.1, 0.15) is 0 Å². The van der Waals surface area contributed by atoms with E-state index in [1.807, 2.05) is 13.3 Å². The largest absolute Gasteiger partial charge is 0.267 e. The molecule has 38 valence electrons. The zero-order valence-corrected chi connectivity index (χ0v) is 5.64. The Labute approximate surface area is 43.1 Å². The molecule has 0 aromatic heterocycles. The van der Waals surface area contributed by atoms with E-state index in [1.165, 1.54) is 0 Å². The van der Waals surface area contributed by atoms with Crippen molar-refractivity contribution in [3.8, 4) is 0 Å². The van der Waals surface area contributed by atoms with Gasteiger partial charge in [0, 0.05) is 6.19 Å². The lowest BCUT2D eigenvalue weighted by molar-refractivity contribution is 1.10. The highest BCUT2D eigenvalue weighted by atomic mass is 32.4. The molecule has 0 saturated heterocycles. The van der Waals surface area contributed by atoms with Gasteiger partial charge in [-0.1, -0.05) is 11.8 Å². The molecule has 0 heterocycles. The standard InChI is InChI=1S/C2H9N2PS/c1-5(2,6)4-3/h3H2,1-2H3,(H,4,6). The van der Waals surface area contributed by atoms with Crippen molar-refractivity contribution in [2.75, 3.05) is 13.3 Å². The van der Waals surface area contributed by atoms with Crippen molar-refractivity contribution < 1.29 is 0 Å². The topological polar surface area (TPSA) is 38.0 Å². The summed E-state index contributed by atoms with van der Waals surface area (Å²) in [7, 11) is 0. The number of hydrogen-bond donors (Lipinski definition) is 2. The van der Waals surface area contributed by atoms with Crippen LogP contribution in [0.5, 0.6) is 0 Å². The van der Waals surface area contributed by atoms with Crippen molar-refractivity contribution >= 4 is 18.0 Å². The van der Waals surface area contributed by atoms with Gasteiger partial charge in [0.05, 0.1) is 0 Å². The molecule has 0 unspecified atom stereocenters. The molecule has 6 heavy (non-hydrogen) atoms. The Kier molecular flexibility index (Phi) is 2.22. The molecule has 0 radical (unpaired) electrons. The molecular weight excluding hydrogens is 115 g/mol. The molecule has 0 aliphatic carbocycles. The van der Waals surface area contributed by atoms with E-state index in [0.29, 0.717) is 0 Å². The van der Waals surface area contributed by atoms with Crippen LogP contribution in [0.1, 0.15) is 0 Å². The minimum atomic E-state index is -1.29. The van der Waals surface area contributed by atoms with Crippen LogP contribution in [0.15, 0.2) is 0 Å². The van der Waals surface area contributed by atoms with Crippen molar-refractivity contribution in [2.24, 2.45) is 5.84 Å². The predicted molar refractivity (Wildman–Crippen MR) is 33.5 cm³/mol. The summed E-state index contributed by atoms with van der Waals surface area (Å²) in [5.74, 6) is 5.00. The Morgan fingerprint density at radius 3 is 1.83 bits per heavy atom. The molecule has 0 amide bonds. The third-order valence-corrected chi connectivity index (χ3v) is 1.25. The van der Waals surface area contributed by atoms with E-state index in [2.05, 4.69) is 5.20 Å². The number of nitrogens with one attached hydrogen (secondary N) is 1. The second-order valence-corrected chi connectivity index (χ2v) is 7.18. The third kappa shape index (κ3) is 4.57. The summed E-state index contributed by atoms with van der Waals surface area (Å²) in [4.78, 5) is 0. The third-order valence-electron chi connectivity index (χ3n) is 0.311. The van der Waals surface area contributed by atoms with Gasteiger partial charge in [-0.15, -0.1) is 0 Å². The van der Waals surface area contributed by atoms with Crippen molar-refractivity contribution in [3.63, 3.8) is 0 Å². The normalized spacial score (nSPS) is 11.8. The molecule has 0 fully saturated rings. The first-order chi connectivity index (χ1) is 2.56. The quantitative estimate of drug-likeness (QED) is 0.296. The molecule has 0 aromatic carbocycles. The fourth-order valence-electron chi connectivity index (χ4n) is 0. The van der Waals surface area contributed by atoms with Crippen LogP contribution in [-0.2, 0) is 11.8 Å².